The minimum absolute atomic E-state index is 0.000780. The van der Waals surface area contributed by atoms with E-state index in [-0.39, 0.29) is 12.5 Å². The first-order valence-electron chi connectivity index (χ1n) is 5.43. The van der Waals surface area contributed by atoms with Crippen molar-refractivity contribution in [1.29, 1.82) is 0 Å². The Morgan fingerprint density at radius 2 is 2.29 bits per heavy atom. The summed E-state index contributed by atoms with van der Waals surface area (Å²) in [5.74, 6) is 0.453. The van der Waals surface area contributed by atoms with Gasteiger partial charge in [0, 0.05) is 12.1 Å². The van der Waals surface area contributed by atoms with Crippen molar-refractivity contribution in [3.05, 3.63) is 29.8 Å². The molecular weight excluding hydrogens is 236 g/mol. The Kier molecular flexibility index (Phi) is 5.42. The average Bonchev–Trinajstić information content (AvgIpc) is 2.34. The van der Waals surface area contributed by atoms with Crippen LogP contribution in [-0.2, 0) is 4.79 Å². The first-order chi connectivity index (χ1) is 8.13. The van der Waals surface area contributed by atoms with Gasteiger partial charge in [0.2, 0.25) is 0 Å². The van der Waals surface area contributed by atoms with Crippen LogP contribution in [0.15, 0.2) is 24.3 Å². The maximum atomic E-state index is 11.3. The minimum atomic E-state index is -0.132. The van der Waals surface area contributed by atoms with Gasteiger partial charge in [-0.05, 0) is 18.6 Å². The number of nitrogens with one attached hydrogen (secondary N) is 1. The van der Waals surface area contributed by atoms with E-state index < -0.39 is 0 Å². The Morgan fingerprint density at radius 1 is 1.53 bits per heavy atom. The molecule has 0 aliphatic heterocycles. The molecule has 1 rings (SSSR count). The van der Waals surface area contributed by atoms with E-state index in [1.807, 2.05) is 6.92 Å². The number of rotatable bonds is 6. The molecule has 0 radical (unpaired) electrons. The Bertz CT molecular complexity index is 407. The summed E-state index contributed by atoms with van der Waals surface area (Å²) in [5.41, 5.74) is 6.23. The fourth-order valence-electron chi connectivity index (χ4n) is 1.20. The molecule has 0 spiro atoms. The standard InChI is InChI=1S/C12H16N2O2S/c1-2-6-14-11(15)8-16-10-5-3-4-9(7-10)12(13)17/h3-5,7H,2,6,8H2,1H3,(H2,13,17)(H,14,15). The third kappa shape index (κ3) is 4.82. The molecule has 1 aromatic carbocycles. The van der Waals surface area contributed by atoms with Crippen molar-refractivity contribution in [3.8, 4) is 5.75 Å². The summed E-state index contributed by atoms with van der Waals surface area (Å²) in [6, 6.07) is 7.06. The van der Waals surface area contributed by atoms with E-state index in [4.69, 9.17) is 22.7 Å². The molecule has 0 fully saturated rings. The van der Waals surface area contributed by atoms with Gasteiger partial charge in [0.1, 0.15) is 10.7 Å². The van der Waals surface area contributed by atoms with Gasteiger partial charge in [0.25, 0.3) is 5.91 Å². The molecule has 1 amide bonds. The van der Waals surface area contributed by atoms with E-state index in [0.29, 0.717) is 17.3 Å². The van der Waals surface area contributed by atoms with Crippen LogP contribution in [0, 0.1) is 0 Å². The topological polar surface area (TPSA) is 64.3 Å². The molecule has 0 aliphatic carbocycles. The second-order valence-electron chi connectivity index (χ2n) is 3.53. The van der Waals surface area contributed by atoms with Gasteiger partial charge in [0.15, 0.2) is 6.61 Å². The smallest absolute Gasteiger partial charge is 0.257 e. The van der Waals surface area contributed by atoms with E-state index >= 15 is 0 Å². The van der Waals surface area contributed by atoms with Crippen LogP contribution in [0.2, 0.25) is 0 Å². The number of ether oxygens (including phenoxy) is 1. The lowest BCUT2D eigenvalue weighted by Gasteiger charge is -2.07. The molecule has 3 N–H and O–H groups in total. The van der Waals surface area contributed by atoms with Crippen molar-refractivity contribution < 1.29 is 9.53 Å². The van der Waals surface area contributed by atoms with Crippen LogP contribution in [0.5, 0.6) is 5.75 Å². The van der Waals surface area contributed by atoms with E-state index in [0.717, 1.165) is 12.0 Å². The number of amides is 1. The van der Waals surface area contributed by atoms with Gasteiger partial charge in [-0.3, -0.25) is 4.79 Å². The lowest BCUT2D eigenvalue weighted by Crippen LogP contribution is -2.29. The summed E-state index contributed by atoms with van der Waals surface area (Å²) >= 11 is 4.86. The number of hydrogen-bond acceptors (Lipinski definition) is 3. The Morgan fingerprint density at radius 3 is 2.94 bits per heavy atom. The van der Waals surface area contributed by atoms with Gasteiger partial charge in [-0.1, -0.05) is 31.3 Å². The van der Waals surface area contributed by atoms with Gasteiger partial charge >= 0.3 is 0 Å². The maximum absolute atomic E-state index is 11.3. The molecule has 0 saturated carbocycles. The number of carbonyl (C=O) groups is 1. The highest BCUT2D eigenvalue weighted by molar-refractivity contribution is 7.80. The highest BCUT2D eigenvalue weighted by atomic mass is 32.1. The largest absolute Gasteiger partial charge is 0.484 e. The molecule has 0 unspecified atom stereocenters. The highest BCUT2D eigenvalue weighted by Gasteiger charge is 2.03. The summed E-state index contributed by atoms with van der Waals surface area (Å²) in [6.07, 6.45) is 0.905. The van der Waals surface area contributed by atoms with E-state index in [1.165, 1.54) is 0 Å². The maximum Gasteiger partial charge on any atom is 0.257 e. The van der Waals surface area contributed by atoms with Gasteiger partial charge in [-0.15, -0.1) is 0 Å². The molecule has 0 atom stereocenters. The first-order valence-corrected chi connectivity index (χ1v) is 5.83. The summed E-state index contributed by atoms with van der Waals surface area (Å²) in [6.45, 7) is 2.66. The third-order valence-electron chi connectivity index (χ3n) is 2.06. The second-order valence-corrected chi connectivity index (χ2v) is 3.97. The van der Waals surface area contributed by atoms with Crippen molar-refractivity contribution in [1.82, 2.24) is 5.32 Å². The molecule has 0 aliphatic rings. The first kappa shape index (κ1) is 13.4. The molecule has 92 valence electrons. The Hall–Kier alpha value is -1.62. The molecule has 0 aromatic heterocycles. The Balaban J connectivity index is 2.49. The van der Waals surface area contributed by atoms with E-state index in [2.05, 4.69) is 5.32 Å². The van der Waals surface area contributed by atoms with Crippen LogP contribution in [0.3, 0.4) is 0 Å². The van der Waals surface area contributed by atoms with Gasteiger partial charge < -0.3 is 15.8 Å². The molecular formula is C12H16N2O2S. The summed E-state index contributed by atoms with van der Waals surface area (Å²) < 4.78 is 5.33. The predicted molar refractivity (Wildman–Crippen MR) is 71.1 cm³/mol. The molecule has 0 heterocycles. The fourth-order valence-corrected chi connectivity index (χ4v) is 1.33. The third-order valence-corrected chi connectivity index (χ3v) is 2.30. The monoisotopic (exact) mass is 252 g/mol. The zero-order valence-electron chi connectivity index (χ0n) is 9.73. The average molecular weight is 252 g/mol. The van der Waals surface area contributed by atoms with E-state index in [9.17, 15) is 4.79 Å². The summed E-state index contributed by atoms with van der Waals surface area (Å²) in [7, 11) is 0. The van der Waals surface area contributed by atoms with Crippen LogP contribution in [0.1, 0.15) is 18.9 Å². The normalized spacial score (nSPS) is 9.71. The molecule has 17 heavy (non-hydrogen) atoms. The number of hydrogen-bond donors (Lipinski definition) is 2. The highest BCUT2D eigenvalue weighted by Crippen LogP contribution is 2.12. The van der Waals surface area contributed by atoms with Crippen LogP contribution in [0.4, 0.5) is 0 Å². The van der Waals surface area contributed by atoms with Crippen LogP contribution < -0.4 is 15.8 Å². The van der Waals surface area contributed by atoms with Crippen molar-refractivity contribution in [2.75, 3.05) is 13.2 Å². The molecule has 4 nitrogen and oxygen atoms in total. The van der Waals surface area contributed by atoms with Crippen molar-refractivity contribution in [2.24, 2.45) is 5.73 Å². The van der Waals surface area contributed by atoms with Crippen LogP contribution in [-0.4, -0.2) is 24.0 Å². The van der Waals surface area contributed by atoms with E-state index in [1.54, 1.807) is 24.3 Å². The molecule has 0 bridgehead atoms. The number of nitrogens with two attached hydrogens (primary N) is 1. The zero-order valence-corrected chi connectivity index (χ0v) is 10.5. The minimum Gasteiger partial charge on any atom is -0.484 e. The second kappa shape index (κ2) is 6.85. The summed E-state index contributed by atoms with van der Waals surface area (Å²) in [5, 5.41) is 2.73. The van der Waals surface area contributed by atoms with Gasteiger partial charge in [-0.25, -0.2) is 0 Å². The van der Waals surface area contributed by atoms with Crippen molar-refractivity contribution >= 4 is 23.1 Å². The number of carbonyl (C=O) groups excluding carboxylic acids is 1. The molecule has 5 heteroatoms. The van der Waals surface area contributed by atoms with Gasteiger partial charge in [-0.2, -0.15) is 0 Å². The van der Waals surface area contributed by atoms with Crippen molar-refractivity contribution in [3.63, 3.8) is 0 Å². The number of benzene rings is 1. The summed E-state index contributed by atoms with van der Waals surface area (Å²) in [4.78, 5) is 11.6. The lowest BCUT2D eigenvalue weighted by atomic mass is 10.2. The molecule has 1 aromatic rings. The Labute approximate surface area is 106 Å². The van der Waals surface area contributed by atoms with Crippen molar-refractivity contribution in [2.45, 2.75) is 13.3 Å². The SMILES string of the molecule is CCCNC(=O)COc1cccc(C(N)=S)c1. The quantitative estimate of drug-likeness (QED) is 0.747. The lowest BCUT2D eigenvalue weighted by molar-refractivity contribution is -0.123. The fraction of sp³-hybridized carbons (Fsp3) is 0.333. The predicted octanol–water partition coefficient (Wildman–Crippen LogP) is 1.23. The van der Waals surface area contributed by atoms with Crippen LogP contribution >= 0.6 is 12.2 Å². The molecule has 0 saturated heterocycles. The zero-order chi connectivity index (χ0) is 12.7. The van der Waals surface area contributed by atoms with Gasteiger partial charge in [0.05, 0.1) is 0 Å². The number of thiocarbonyl (C=S) groups is 1. The van der Waals surface area contributed by atoms with Crippen LogP contribution in [0.25, 0.3) is 0 Å².